The number of benzene rings is 1. The van der Waals surface area contributed by atoms with Gasteiger partial charge in [-0.3, -0.25) is 9.59 Å². The monoisotopic (exact) mass is 384 g/mol. The van der Waals surface area contributed by atoms with E-state index in [0.717, 1.165) is 38.5 Å². The van der Waals surface area contributed by atoms with Gasteiger partial charge in [0.05, 0.1) is 5.92 Å². The highest BCUT2D eigenvalue weighted by Crippen LogP contribution is 2.41. The number of carboxylic acid groups (broad SMARTS) is 1. The van der Waals surface area contributed by atoms with Crippen molar-refractivity contribution in [3.8, 4) is 0 Å². The SMILES string of the molecule is O=C(O)C1CC2CCCCC2N1C(=O)C1CCCN(C(=O)c2ccccc2)C1. The Morgan fingerprint density at radius 1 is 0.964 bits per heavy atom. The van der Waals surface area contributed by atoms with Gasteiger partial charge in [0.15, 0.2) is 0 Å². The molecule has 1 aromatic rings. The summed E-state index contributed by atoms with van der Waals surface area (Å²) in [4.78, 5) is 41.5. The number of hydrogen-bond donors (Lipinski definition) is 1. The van der Waals surface area contributed by atoms with Crippen LogP contribution >= 0.6 is 0 Å². The fraction of sp³-hybridized carbons (Fsp3) is 0.591. The quantitative estimate of drug-likeness (QED) is 0.869. The van der Waals surface area contributed by atoms with Gasteiger partial charge in [-0.15, -0.1) is 0 Å². The molecule has 0 radical (unpaired) electrons. The minimum absolute atomic E-state index is 0.0511. The summed E-state index contributed by atoms with van der Waals surface area (Å²) in [5.41, 5.74) is 0.632. The van der Waals surface area contributed by atoms with E-state index in [1.165, 1.54) is 0 Å². The van der Waals surface area contributed by atoms with Crippen molar-refractivity contribution in [2.24, 2.45) is 11.8 Å². The van der Waals surface area contributed by atoms with E-state index in [1.54, 1.807) is 21.9 Å². The molecule has 6 heteroatoms. The number of piperidine rings is 1. The molecule has 3 aliphatic rings. The summed E-state index contributed by atoms with van der Waals surface area (Å²) in [6.07, 6.45) is 6.16. The van der Waals surface area contributed by atoms with Crippen LogP contribution in [0.5, 0.6) is 0 Å². The molecule has 1 saturated carbocycles. The highest BCUT2D eigenvalue weighted by molar-refractivity contribution is 5.95. The molecule has 4 unspecified atom stereocenters. The highest BCUT2D eigenvalue weighted by Gasteiger charge is 2.49. The summed E-state index contributed by atoms with van der Waals surface area (Å²) in [6, 6.07) is 8.49. The van der Waals surface area contributed by atoms with Crippen LogP contribution in [0.15, 0.2) is 30.3 Å². The van der Waals surface area contributed by atoms with Crippen molar-refractivity contribution >= 4 is 17.8 Å². The second-order valence-corrected chi connectivity index (χ2v) is 8.40. The van der Waals surface area contributed by atoms with Gasteiger partial charge in [-0.2, -0.15) is 0 Å². The number of carbonyl (C=O) groups is 3. The number of amides is 2. The van der Waals surface area contributed by atoms with Crippen LogP contribution in [0.25, 0.3) is 0 Å². The second-order valence-electron chi connectivity index (χ2n) is 8.40. The minimum Gasteiger partial charge on any atom is -0.480 e. The second kappa shape index (κ2) is 7.94. The Morgan fingerprint density at radius 3 is 2.46 bits per heavy atom. The van der Waals surface area contributed by atoms with Gasteiger partial charge in [0, 0.05) is 24.7 Å². The minimum atomic E-state index is -0.893. The van der Waals surface area contributed by atoms with Crippen LogP contribution in [-0.2, 0) is 9.59 Å². The maximum atomic E-state index is 13.4. The molecule has 0 spiro atoms. The Labute approximate surface area is 165 Å². The molecule has 6 nitrogen and oxygen atoms in total. The van der Waals surface area contributed by atoms with Gasteiger partial charge < -0.3 is 14.9 Å². The molecule has 2 amide bonds. The molecule has 1 aromatic carbocycles. The fourth-order valence-electron chi connectivity index (χ4n) is 5.33. The standard InChI is InChI=1S/C22H28N2O4/c25-20(15-7-2-1-3-8-15)23-12-6-10-17(14-23)21(26)24-18-11-5-4-9-16(18)13-19(24)22(27)28/h1-3,7-8,16-19H,4-6,9-14H2,(H,27,28). The molecule has 4 atom stereocenters. The van der Waals surface area contributed by atoms with Gasteiger partial charge >= 0.3 is 5.97 Å². The number of likely N-dealkylation sites (tertiary alicyclic amines) is 2. The lowest BCUT2D eigenvalue weighted by Crippen LogP contribution is -2.52. The largest absolute Gasteiger partial charge is 0.480 e. The van der Waals surface area contributed by atoms with Gasteiger partial charge in [-0.1, -0.05) is 31.0 Å². The molecule has 2 saturated heterocycles. The van der Waals surface area contributed by atoms with E-state index < -0.39 is 12.0 Å². The molecular formula is C22H28N2O4. The van der Waals surface area contributed by atoms with Crippen LogP contribution in [0.1, 0.15) is 55.3 Å². The molecule has 2 heterocycles. The highest BCUT2D eigenvalue weighted by atomic mass is 16.4. The van der Waals surface area contributed by atoms with Crippen LogP contribution in [0.2, 0.25) is 0 Å². The number of aliphatic carboxylic acids is 1. The third-order valence-electron chi connectivity index (χ3n) is 6.71. The zero-order valence-electron chi connectivity index (χ0n) is 16.1. The van der Waals surface area contributed by atoms with Crippen LogP contribution in [0.3, 0.4) is 0 Å². The van der Waals surface area contributed by atoms with Crippen molar-refractivity contribution in [2.45, 2.75) is 57.0 Å². The Bertz CT molecular complexity index is 750. The van der Waals surface area contributed by atoms with Gasteiger partial charge in [0.25, 0.3) is 5.91 Å². The summed E-state index contributed by atoms with van der Waals surface area (Å²) in [7, 11) is 0. The van der Waals surface area contributed by atoms with E-state index in [2.05, 4.69) is 0 Å². The van der Waals surface area contributed by atoms with Crippen LogP contribution in [0, 0.1) is 11.8 Å². The number of hydrogen-bond acceptors (Lipinski definition) is 3. The molecule has 150 valence electrons. The molecule has 4 rings (SSSR count). The van der Waals surface area contributed by atoms with E-state index in [0.29, 0.717) is 31.0 Å². The first-order valence-electron chi connectivity index (χ1n) is 10.5. The first kappa shape index (κ1) is 19.0. The average molecular weight is 384 g/mol. The molecule has 1 N–H and O–H groups in total. The average Bonchev–Trinajstić information content (AvgIpc) is 3.13. The molecule has 0 bridgehead atoms. The normalized spacial score (nSPS) is 30.0. The molecular weight excluding hydrogens is 356 g/mol. The lowest BCUT2D eigenvalue weighted by Gasteiger charge is -2.38. The van der Waals surface area contributed by atoms with Crippen molar-refractivity contribution in [2.75, 3.05) is 13.1 Å². The van der Waals surface area contributed by atoms with Gasteiger partial charge in [-0.05, 0) is 50.2 Å². The van der Waals surface area contributed by atoms with Crippen molar-refractivity contribution in [3.63, 3.8) is 0 Å². The van der Waals surface area contributed by atoms with Crippen molar-refractivity contribution in [1.82, 2.24) is 9.80 Å². The van der Waals surface area contributed by atoms with E-state index >= 15 is 0 Å². The van der Waals surface area contributed by atoms with Crippen molar-refractivity contribution in [3.05, 3.63) is 35.9 Å². The smallest absolute Gasteiger partial charge is 0.326 e. The van der Waals surface area contributed by atoms with Crippen LogP contribution in [0.4, 0.5) is 0 Å². The van der Waals surface area contributed by atoms with Gasteiger partial charge in [0.2, 0.25) is 5.91 Å². The molecule has 28 heavy (non-hydrogen) atoms. The number of fused-ring (bicyclic) bond motifs is 1. The molecule has 1 aliphatic carbocycles. The summed E-state index contributed by atoms with van der Waals surface area (Å²) in [5, 5.41) is 9.71. The van der Waals surface area contributed by atoms with Crippen molar-refractivity contribution < 1.29 is 19.5 Å². The topological polar surface area (TPSA) is 77.9 Å². The lowest BCUT2D eigenvalue weighted by atomic mass is 9.84. The summed E-state index contributed by atoms with van der Waals surface area (Å²) >= 11 is 0. The number of rotatable bonds is 3. The summed E-state index contributed by atoms with van der Waals surface area (Å²) in [5.74, 6) is -0.999. The molecule has 0 aromatic heterocycles. The van der Waals surface area contributed by atoms with Crippen LogP contribution < -0.4 is 0 Å². The molecule has 2 aliphatic heterocycles. The van der Waals surface area contributed by atoms with Crippen molar-refractivity contribution in [1.29, 1.82) is 0 Å². The Morgan fingerprint density at radius 2 is 1.71 bits per heavy atom. The van der Waals surface area contributed by atoms with E-state index in [-0.39, 0.29) is 23.8 Å². The van der Waals surface area contributed by atoms with E-state index in [9.17, 15) is 19.5 Å². The van der Waals surface area contributed by atoms with Crippen LogP contribution in [-0.4, -0.2) is 57.9 Å². The third-order valence-corrected chi connectivity index (χ3v) is 6.71. The Balaban J connectivity index is 1.50. The molecule has 3 fully saturated rings. The first-order chi connectivity index (χ1) is 13.6. The third kappa shape index (κ3) is 3.52. The Hall–Kier alpha value is -2.37. The summed E-state index contributed by atoms with van der Waals surface area (Å²) in [6.45, 7) is 1.03. The van der Waals surface area contributed by atoms with E-state index in [4.69, 9.17) is 0 Å². The zero-order valence-corrected chi connectivity index (χ0v) is 16.1. The Kier molecular flexibility index (Phi) is 5.38. The lowest BCUT2D eigenvalue weighted by molar-refractivity contribution is -0.152. The number of nitrogens with zero attached hydrogens (tertiary/aromatic N) is 2. The summed E-state index contributed by atoms with van der Waals surface area (Å²) < 4.78 is 0. The first-order valence-corrected chi connectivity index (χ1v) is 10.5. The predicted molar refractivity (Wildman–Crippen MR) is 104 cm³/mol. The zero-order chi connectivity index (χ0) is 19.7. The maximum Gasteiger partial charge on any atom is 0.326 e. The van der Waals surface area contributed by atoms with Gasteiger partial charge in [0.1, 0.15) is 6.04 Å². The maximum absolute atomic E-state index is 13.4. The number of carboxylic acids is 1. The number of carbonyl (C=O) groups excluding carboxylic acids is 2. The fourth-order valence-corrected chi connectivity index (χ4v) is 5.33. The van der Waals surface area contributed by atoms with E-state index in [1.807, 2.05) is 18.2 Å². The van der Waals surface area contributed by atoms with Gasteiger partial charge in [-0.25, -0.2) is 4.79 Å². The predicted octanol–water partition coefficient (Wildman–Crippen LogP) is 2.78.